The highest BCUT2D eigenvalue weighted by Gasteiger charge is 2.33. The molecule has 2 aliphatic heterocycles. The lowest BCUT2D eigenvalue weighted by Gasteiger charge is -2.36. The summed E-state index contributed by atoms with van der Waals surface area (Å²) in [6.45, 7) is 5.57. The first-order valence-electron chi connectivity index (χ1n) is 10.8. The SMILES string of the molecule is Cc1cc(-c2ccc([C@H](C)N3CC[C@@H](CCN4CCCS4(=O)=O)OC3=O)cc2)ccn1. The van der Waals surface area contributed by atoms with Gasteiger partial charge in [0.05, 0.1) is 11.8 Å². The minimum atomic E-state index is -3.11. The van der Waals surface area contributed by atoms with Crippen molar-refractivity contribution in [2.75, 3.05) is 25.4 Å². The lowest BCUT2D eigenvalue weighted by Crippen LogP contribution is -2.44. The number of cyclic esters (lactones) is 1. The number of hydrogen-bond donors (Lipinski definition) is 0. The summed E-state index contributed by atoms with van der Waals surface area (Å²) in [5.41, 5.74) is 4.25. The van der Waals surface area contributed by atoms with Crippen LogP contribution in [0.1, 0.15) is 43.5 Å². The van der Waals surface area contributed by atoms with Crippen LogP contribution in [-0.4, -0.2) is 60.2 Å². The summed E-state index contributed by atoms with van der Waals surface area (Å²) in [6.07, 6.45) is 3.18. The molecule has 0 N–H and O–H groups in total. The Balaban J connectivity index is 1.34. The first-order valence-corrected chi connectivity index (χ1v) is 12.4. The molecular weight excluding hydrogens is 414 g/mol. The molecule has 1 aromatic heterocycles. The molecule has 1 amide bonds. The van der Waals surface area contributed by atoms with Crippen LogP contribution >= 0.6 is 0 Å². The van der Waals surface area contributed by atoms with Gasteiger partial charge in [-0.3, -0.25) is 4.98 Å². The molecule has 0 unspecified atom stereocenters. The molecule has 2 saturated heterocycles. The van der Waals surface area contributed by atoms with E-state index in [2.05, 4.69) is 17.1 Å². The van der Waals surface area contributed by atoms with Gasteiger partial charge in [-0.15, -0.1) is 0 Å². The van der Waals surface area contributed by atoms with Gasteiger partial charge in [0.2, 0.25) is 10.0 Å². The van der Waals surface area contributed by atoms with E-state index >= 15 is 0 Å². The van der Waals surface area contributed by atoms with Crippen molar-refractivity contribution in [3.05, 3.63) is 53.9 Å². The number of benzene rings is 1. The van der Waals surface area contributed by atoms with Crippen LogP contribution in [0, 0.1) is 6.92 Å². The number of hydrogen-bond acceptors (Lipinski definition) is 5. The average Bonchev–Trinajstić information content (AvgIpc) is 3.10. The minimum absolute atomic E-state index is 0.0966. The molecule has 2 atom stereocenters. The van der Waals surface area contributed by atoms with Crippen molar-refractivity contribution in [3.63, 3.8) is 0 Å². The standard InChI is InChI=1S/C23H29N3O4S/c1-17-16-21(8-11-24-17)20-6-4-19(5-7-20)18(2)26-14-10-22(30-23(26)27)9-13-25-12-3-15-31(25,28)29/h4-8,11,16,18,22H,3,9-10,12-15H2,1-2H3/t18-,22+/m0/s1. The summed E-state index contributed by atoms with van der Waals surface area (Å²) >= 11 is 0. The molecule has 166 valence electrons. The number of pyridine rings is 1. The van der Waals surface area contributed by atoms with Gasteiger partial charge in [0, 0.05) is 37.9 Å². The highest BCUT2D eigenvalue weighted by molar-refractivity contribution is 7.89. The van der Waals surface area contributed by atoms with Crippen LogP contribution in [0.5, 0.6) is 0 Å². The van der Waals surface area contributed by atoms with E-state index < -0.39 is 10.0 Å². The van der Waals surface area contributed by atoms with Gasteiger partial charge in [-0.05, 0) is 55.5 Å². The summed E-state index contributed by atoms with van der Waals surface area (Å²) < 4.78 is 31.0. The van der Waals surface area contributed by atoms with Gasteiger partial charge in [-0.1, -0.05) is 24.3 Å². The average molecular weight is 444 g/mol. The Morgan fingerprint density at radius 1 is 1.16 bits per heavy atom. The fourth-order valence-electron chi connectivity index (χ4n) is 4.29. The van der Waals surface area contributed by atoms with Gasteiger partial charge in [0.15, 0.2) is 0 Å². The molecule has 2 aromatic rings. The monoisotopic (exact) mass is 443 g/mol. The number of sulfonamides is 1. The Morgan fingerprint density at radius 2 is 1.94 bits per heavy atom. The highest BCUT2D eigenvalue weighted by atomic mass is 32.2. The molecule has 31 heavy (non-hydrogen) atoms. The van der Waals surface area contributed by atoms with Gasteiger partial charge in [0.1, 0.15) is 6.10 Å². The predicted octanol–water partition coefficient (Wildman–Crippen LogP) is 3.75. The number of rotatable bonds is 6. The normalized spacial score (nSPS) is 22.3. The fourth-order valence-corrected chi connectivity index (χ4v) is 5.83. The van der Waals surface area contributed by atoms with Crippen molar-refractivity contribution >= 4 is 16.1 Å². The molecule has 0 spiro atoms. The quantitative estimate of drug-likeness (QED) is 0.679. The maximum Gasteiger partial charge on any atom is 0.410 e. The van der Waals surface area contributed by atoms with Crippen molar-refractivity contribution in [2.24, 2.45) is 0 Å². The molecule has 1 aromatic carbocycles. The zero-order valence-corrected chi connectivity index (χ0v) is 18.8. The number of nitrogens with zero attached hydrogens (tertiary/aromatic N) is 3. The second-order valence-electron chi connectivity index (χ2n) is 8.33. The Hall–Kier alpha value is -2.45. The first-order chi connectivity index (χ1) is 14.8. The lowest BCUT2D eigenvalue weighted by atomic mass is 10.0. The smallest absolute Gasteiger partial charge is 0.410 e. The van der Waals surface area contributed by atoms with Crippen LogP contribution in [0.3, 0.4) is 0 Å². The molecule has 0 bridgehead atoms. The third-order valence-corrected chi connectivity index (χ3v) is 8.14. The maximum atomic E-state index is 12.6. The van der Waals surface area contributed by atoms with E-state index in [4.69, 9.17) is 4.74 Å². The summed E-state index contributed by atoms with van der Waals surface area (Å²) in [6, 6.07) is 12.2. The number of amides is 1. The van der Waals surface area contributed by atoms with Crippen LogP contribution < -0.4 is 0 Å². The summed E-state index contributed by atoms with van der Waals surface area (Å²) in [5.74, 6) is 0.225. The van der Waals surface area contributed by atoms with Crippen molar-refractivity contribution < 1.29 is 17.9 Å². The van der Waals surface area contributed by atoms with E-state index in [0.29, 0.717) is 38.9 Å². The summed E-state index contributed by atoms with van der Waals surface area (Å²) in [4.78, 5) is 18.6. The molecule has 8 heteroatoms. The molecule has 4 rings (SSSR count). The van der Waals surface area contributed by atoms with Crippen LogP contribution in [0.2, 0.25) is 0 Å². The first kappa shape index (κ1) is 21.8. The number of carbonyl (C=O) groups is 1. The van der Waals surface area contributed by atoms with E-state index in [0.717, 1.165) is 22.4 Å². The van der Waals surface area contributed by atoms with Crippen molar-refractivity contribution in [1.29, 1.82) is 0 Å². The topological polar surface area (TPSA) is 79.8 Å². The number of aromatic nitrogens is 1. The number of aryl methyl sites for hydroxylation is 1. The zero-order valence-electron chi connectivity index (χ0n) is 18.0. The molecule has 2 aliphatic rings. The van der Waals surface area contributed by atoms with E-state index in [1.54, 1.807) is 11.1 Å². The molecule has 3 heterocycles. The van der Waals surface area contributed by atoms with Crippen LogP contribution in [0.15, 0.2) is 42.6 Å². The Kier molecular flexibility index (Phi) is 6.29. The fraction of sp³-hybridized carbons (Fsp3) is 0.478. The summed E-state index contributed by atoms with van der Waals surface area (Å²) in [5, 5.41) is 0. The predicted molar refractivity (Wildman–Crippen MR) is 119 cm³/mol. The Labute approximate surface area is 184 Å². The van der Waals surface area contributed by atoms with Crippen LogP contribution in [0.25, 0.3) is 11.1 Å². The van der Waals surface area contributed by atoms with Crippen LogP contribution in [0.4, 0.5) is 4.79 Å². The second kappa shape index (κ2) is 8.96. The number of carbonyl (C=O) groups excluding carboxylic acids is 1. The van der Waals surface area contributed by atoms with Gasteiger partial charge in [-0.25, -0.2) is 17.5 Å². The van der Waals surface area contributed by atoms with Gasteiger partial charge in [-0.2, -0.15) is 0 Å². The van der Waals surface area contributed by atoms with E-state index in [9.17, 15) is 13.2 Å². The van der Waals surface area contributed by atoms with Gasteiger partial charge in [0.25, 0.3) is 0 Å². The maximum absolute atomic E-state index is 12.6. The van der Waals surface area contributed by atoms with Crippen molar-refractivity contribution in [2.45, 2.75) is 45.3 Å². The Bertz CT molecular complexity index is 1040. The van der Waals surface area contributed by atoms with E-state index in [-0.39, 0.29) is 24.0 Å². The largest absolute Gasteiger partial charge is 0.446 e. The lowest BCUT2D eigenvalue weighted by molar-refractivity contribution is 0.00863. The van der Waals surface area contributed by atoms with E-state index in [1.165, 1.54) is 4.31 Å². The van der Waals surface area contributed by atoms with Crippen LogP contribution in [-0.2, 0) is 14.8 Å². The highest BCUT2D eigenvalue weighted by Crippen LogP contribution is 2.28. The number of ether oxygens (including phenoxy) is 1. The second-order valence-corrected chi connectivity index (χ2v) is 10.4. The van der Waals surface area contributed by atoms with Gasteiger partial charge >= 0.3 is 6.09 Å². The third kappa shape index (κ3) is 4.91. The van der Waals surface area contributed by atoms with Crippen molar-refractivity contribution in [3.8, 4) is 11.1 Å². The summed E-state index contributed by atoms with van der Waals surface area (Å²) in [7, 11) is -3.11. The molecule has 2 fully saturated rings. The van der Waals surface area contributed by atoms with Gasteiger partial charge < -0.3 is 9.64 Å². The molecule has 0 aliphatic carbocycles. The Morgan fingerprint density at radius 3 is 2.58 bits per heavy atom. The molecule has 0 saturated carbocycles. The zero-order chi connectivity index (χ0) is 22.0. The van der Waals surface area contributed by atoms with E-state index in [1.807, 2.05) is 38.1 Å². The molecular formula is C23H29N3O4S. The van der Waals surface area contributed by atoms with Crippen molar-refractivity contribution in [1.82, 2.24) is 14.2 Å². The molecule has 0 radical (unpaired) electrons. The molecule has 7 nitrogen and oxygen atoms in total. The minimum Gasteiger partial charge on any atom is -0.446 e. The third-order valence-electron chi connectivity index (χ3n) is 6.19.